The van der Waals surface area contributed by atoms with Crippen LogP contribution in [0.1, 0.15) is 5.89 Å². The summed E-state index contributed by atoms with van der Waals surface area (Å²) in [5.74, 6) is 1.34. The van der Waals surface area contributed by atoms with Crippen LogP contribution in [-0.4, -0.2) is 26.4 Å². The van der Waals surface area contributed by atoms with E-state index in [1.165, 1.54) is 15.9 Å². The minimum absolute atomic E-state index is 0.0440. The number of hydrogen-bond acceptors (Lipinski definition) is 7. The van der Waals surface area contributed by atoms with Gasteiger partial charge in [0.05, 0.1) is 18.3 Å². The van der Waals surface area contributed by atoms with Crippen LogP contribution in [0.3, 0.4) is 0 Å². The maximum atomic E-state index is 13.3. The lowest BCUT2D eigenvalue weighted by molar-refractivity contribution is 0.370. The monoisotopic (exact) mass is 432 g/mol. The predicted octanol–water partition coefficient (Wildman–Crippen LogP) is 3.32. The van der Waals surface area contributed by atoms with Crippen molar-refractivity contribution >= 4 is 21.6 Å². The van der Waals surface area contributed by atoms with Crippen LogP contribution >= 0.6 is 11.3 Å². The highest BCUT2D eigenvalue weighted by atomic mass is 32.1. The number of aromatic nitrogens is 4. The Morgan fingerprint density at radius 1 is 1.03 bits per heavy atom. The van der Waals surface area contributed by atoms with Gasteiger partial charge in [-0.2, -0.15) is 4.98 Å². The van der Waals surface area contributed by atoms with Crippen LogP contribution in [0, 0.1) is 0 Å². The van der Waals surface area contributed by atoms with E-state index >= 15 is 0 Å². The SMILES string of the molecule is COc1ccc(-n2c(=O)c3sccc3n(Cc3nc(-c4ccccc4)no3)c2=O)cc1. The van der Waals surface area contributed by atoms with E-state index in [4.69, 9.17) is 9.26 Å². The van der Waals surface area contributed by atoms with Gasteiger partial charge in [-0.05, 0) is 35.7 Å². The molecule has 0 saturated heterocycles. The Morgan fingerprint density at radius 2 is 1.81 bits per heavy atom. The van der Waals surface area contributed by atoms with Crippen LogP contribution in [0.25, 0.3) is 27.3 Å². The Bertz CT molecular complexity index is 1480. The molecule has 0 bridgehead atoms. The van der Waals surface area contributed by atoms with E-state index in [0.29, 0.717) is 27.5 Å². The average molecular weight is 432 g/mol. The van der Waals surface area contributed by atoms with E-state index in [9.17, 15) is 9.59 Å². The molecule has 0 amide bonds. The van der Waals surface area contributed by atoms with E-state index in [0.717, 1.165) is 10.1 Å². The summed E-state index contributed by atoms with van der Waals surface area (Å²) in [6.07, 6.45) is 0. The number of fused-ring (bicyclic) bond motifs is 1. The molecule has 154 valence electrons. The smallest absolute Gasteiger partial charge is 0.336 e. The third kappa shape index (κ3) is 3.34. The number of nitrogens with zero attached hydrogens (tertiary/aromatic N) is 4. The first-order valence-corrected chi connectivity index (χ1v) is 10.3. The van der Waals surface area contributed by atoms with E-state index < -0.39 is 5.69 Å². The highest BCUT2D eigenvalue weighted by Crippen LogP contribution is 2.20. The van der Waals surface area contributed by atoms with Gasteiger partial charge >= 0.3 is 5.69 Å². The summed E-state index contributed by atoms with van der Waals surface area (Å²) in [5, 5.41) is 5.80. The Morgan fingerprint density at radius 3 is 2.55 bits per heavy atom. The molecule has 3 aromatic heterocycles. The summed E-state index contributed by atoms with van der Waals surface area (Å²) in [7, 11) is 1.56. The van der Waals surface area contributed by atoms with Gasteiger partial charge in [-0.1, -0.05) is 35.5 Å². The average Bonchev–Trinajstić information content (AvgIpc) is 3.48. The molecular formula is C22H16N4O4S. The van der Waals surface area contributed by atoms with E-state index in [2.05, 4.69) is 10.1 Å². The van der Waals surface area contributed by atoms with Gasteiger partial charge < -0.3 is 9.26 Å². The van der Waals surface area contributed by atoms with Crippen LogP contribution in [0.15, 0.2) is 80.2 Å². The van der Waals surface area contributed by atoms with Crippen molar-refractivity contribution in [3.63, 3.8) is 0 Å². The predicted molar refractivity (Wildman–Crippen MR) is 117 cm³/mol. The van der Waals surface area contributed by atoms with Crippen molar-refractivity contribution in [1.82, 2.24) is 19.3 Å². The Labute approximate surface area is 179 Å². The highest BCUT2D eigenvalue weighted by Gasteiger charge is 2.18. The minimum atomic E-state index is -0.486. The van der Waals surface area contributed by atoms with Crippen LogP contribution < -0.4 is 16.0 Å². The van der Waals surface area contributed by atoms with Crippen molar-refractivity contribution in [2.45, 2.75) is 6.54 Å². The number of hydrogen-bond donors (Lipinski definition) is 0. The largest absolute Gasteiger partial charge is 0.497 e. The Hall–Kier alpha value is -3.98. The molecule has 0 atom stereocenters. The van der Waals surface area contributed by atoms with Gasteiger partial charge in [0.25, 0.3) is 5.56 Å². The summed E-state index contributed by atoms with van der Waals surface area (Å²) in [6, 6.07) is 17.9. The fourth-order valence-corrected chi connectivity index (χ4v) is 4.18. The second kappa shape index (κ2) is 7.69. The lowest BCUT2D eigenvalue weighted by atomic mass is 10.2. The molecule has 3 heterocycles. The molecule has 8 nitrogen and oxygen atoms in total. The van der Waals surface area contributed by atoms with Crippen molar-refractivity contribution in [1.29, 1.82) is 0 Å². The molecule has 0 aliphatic rings. The van der Waals surface area contributed by atoms with Gasteiger partial charge in [0.1, 0.15) is 17.0 Å². The summed E-state index contributed by atoms with van der Waals surface area (Å²) in [6.45, 7) is 0.0440. The number of thiophene rings is 1. The number of benzene rings is 2. The first-order chi connectivity index (χ1) is 15.2. The van der Waals surface area contributed by atoms with E-state index in [1.807, 2.05) is 30.3 Å². The molecule has 0 aliphatic carbocycles. The first-order valence-electron chi connectivity index (χ1n) is 9.41. The molecule has 0 fully saturated rings. The molecule has 0 unspecified atom stereocenters. The first kappa shape index (κ1) is 19.0. The molecule has 0 radical (unpaired) electrons. The highest BCUT2D eigenvalue weighted by molar-refractivity contribution is 7.17. The number of rotatable bonds is 5. The molecule has 0 aliphatic heterocycles. The number of ether oxygens (including phenoxy) is 1. The quantitative estimate of drug-likeness (QED) is 0.423. The normalized spacial score (nSPS) is 11.1. The fraction of sp³-hybridized carbons (Fsp3) is 0.0909. The molecule has 5 rings (SSSR count). The van der Waals surface area contributed by atoms with Gasteiger partial charge in [0.2, 0.25) is 11.7 Å². The van der Waals surface area contributed by atoms with Crippen LogP contribution in [0.5, 0.6) is 5.75 Å². The topological polar surface area (TPSA) is 92.2 Å². The van der Waals surface area contributed by atoms with Gasteiger partial charge in [-0.15, -0.1) is 11.3 Å². The maximum absolute atomic E-state index is 13.3. The summed E-state index contributed by atoms with van der Waals surface area (Å²) in [4.78, 5) is 30.8. The fourth-order valence-electron chi connectivity index (χ4n) is 3.36. The maximum Gasteiger partial charge on any atom is 0.336 e. The summed E-state index contributed by atoms with van der Waals surface area (Å²) in [5.41, 5.74) is 0.945. The zero-order valence-corrected chi connectivity index (χ0v) is 17.2. The van der Waals surface area contributed by atoms with Gasteiger partial charge in [0.15, 0.2) is 0 Å². The van der Waals surface area contributed by atoms with Crippen LogP contribution in [0.4, 0.5) is 0 Å². The second-order valence-electron chi connectivity index (χ2n) is 6.72. The van der Waals surface area contributed by atoms with Crippen molar-refractivity contribution in [3.05, 3.63) is 92.8 Å². The molecule has 9 heteroatoms. The molecule has 31 heavy (non-hydrogen) atoms. The minimum Gasteiger partial charge on any atom is -0.497 e. The summed E-state index contributed by atoms with van der Waals surface area (Å²) < 4.78 is 13.6. The molecule has 0 N–H and O–H groups in total. The van der Waals surface area contributed by atoms with Crippen molar-refractivity contribution in [2.75, 3.05) is 7.11 Å². The van der Waals surface area contributed by atoms with Crippen molar-refractivity contribution < 1.29 is 9.26 Å². The third-order valence-electron chi connectivity index (χ3n) is 4.88. The van der Waals surface area contributed by atoms with Crippen molar-refractivity contribution in [3.8, 4) is 22.8 Å². The van der Waals surface area contributed by atoms with Crippen LogP contribution in [-0.2, 0) is 6.54 Å². The summed E-state index contributed by atoms with van der Waals surface area (Å²) >= 11 is 1.28. The Balaban J connectivity index is 1.62. The third-order valence-corrected chi connectivity index (χ3v) is 5.77. The lowest BCUT2D eigenvalue weighted by Crippen LogP contribution is -2.38. The molecule has 2 aromatic carbocycles. The molecule has 5 aromatic rings. The van der Waals surface area contributed by atoms with Gasteiger partial charge in [-0.25, -0.2) is 9.36 Å². The molecule has 0 saturated carbocycles. The van der Waals surface area contributed by atoms with Crippen molar-refractivity contribution in [2.24, 2.45) is 0 Å². The van der Waals surface area contributed by atoms with Gasteiger partial charge in [0, 0.05) is 5.56 Å². The lowest BCUT2D eigenvalue weighted by Gasteiger charge is -2.11. The van der Waals surface area contributed by atoms with Crippen LogP contribution in [0.2, 0.25) is 0 Å². The molecule has 0 spiro atoms. The zero-order chi connectivity index (χ0) is 21.4. The number of methoxy groups -OCH3 is 1. The van der Waals surface area contributed by atoms with E-state index in [-0.39, 0.29) is 18.0 Å². The van der Waals surface area contributed by atoms with Gasteiger partial charge in [-0.3, -0.25) is 9.36 Å². The second-order valence-corrected chi connectivity index (χ2v) is 7.64. The standard InChI is InChI=1S/C22H16N4O4S/c1-29-16-9-7-15(8-10-16)26-21(27)19-17(11-12-31-19)25(22(26)28)13-18-23-20(24-30-18)14-5-3-2-4-6-14/h2-12H,13H2,1H3. The van der Waals surface area contributed by atoms with E-state index in [1.54, 1.807) is 42.8 Å². The molecular weight excluding hydrogens is 416 g/mol. The Kier molecular flexibility index (Phi) is 4.72. The zero-order valence-electron chi connectivity index (χ0n) is 16.4.